The van der Waals surface area contributed by atoms with Crippen LogP contribution in [0, 0.1) is 0 Å². The second kappa shape index (κ2) is 11.9. The predicted molar refractivity (Wildman–Crippen MR) is 121 cm³/mol. The summed E-state index contributed by atoms with van der Waals surface area (Å²) < 4.78 is 16.0. The number of aliphatic imine (C=N–C) groups is 1. The fraction of sp³-hybridized carbons (Fsp3) is 0.316. The van der Waals surface area contributed by atoms with Gasteiger partial charge < -0.3 is 25.3 Å². The van der Waals surface area contributed by atoms with Gasteiger partial charge in [0.15, 0.2) is 17.5 Å². The first-order valence-corrected chi connectivity index (χ1v) is 8.59. The number of benzene rings is 2. The number of halogens is 2. The first-order valence-electron chi connectivity index (χ1n) is 8.22. The number of hydrogen-bond donors (Lipinski definition) is 2. The van der Waals surface area contributed by atoms with Crippen LogP contribution >= 0.6 is 35.6 Å². The van der Waals surface area contributed by atoms with E-state index in [-0.39, 0.29) is 24.0 Å². The number of nitrogens with two attached hydrogens (primary N) is 1. The number of rotatable bonds is 8. The standard InChI is InChI=1S/C19H24ClN3O3.HI/c1-4-26-18-15(20)9-13(10-17(18)25-3)11-22-19(21)23-16-8-6-5-7-14(16)12-24-2;/h5-10H,4,11-12H2,1-3H3,(H3,21,22,23);1H. The smallest absolute Gasteiger partial charge is 0.193 e. The lowest BCUT2D eigenvalue weighted by atomic mass is 10.2. The topological polar surface area (TPSA) is 78.1 Å². The molecule has 0 amide bonds. The van der Waals surface area contributed by atoms with Gasteiger partial charge in [-0.25, -0.2) is 4.99 Å². The maximum atomic E-state index is 6.28. The van der Waals surface area contributed by atoms with Crippen molar-refractivity contribution in [2.75, 3.05) is 26.1 Å². The molecule has 2 aromatic carbocycles. The Morgan fingerprint density at radius 1 is 1.22 bits per heavy atom. The summed E-state index contributed by atoms with van der Waals surface area (Å²) in [4.78, 5) is 4.37. The number of methoxy groups -OCH3 is 2. The molecule has 0 aromatic heterocycles. The van der Waals surface area contributed by atoms with Gasteiger partial charge in [-0.15, -0.1) is 24.0 Å². The zero-order valence-electron chi connectivity index (χ0n) is 15.6. The van der Waals surface area contributed by atoms with Crippen molar-refractivity contribution >= 4 is 47.2 Å². The number of ether oxygens (including phenoxy) is 3. The molecule has 0 saturated carbocycles. The zero-order valence-corrected chi connectivity index (χ0v) is 18.7. The van der Waals surface area contributed by atoms with Gasteiger partial charge >= 0.3 is 0 Å². The van der Waals surface area contributed by atoms with Crippen molar-refractivity contribution in [2.45, 2.75) is 20.1 Å². The number of para-hydroxylation sites is 1. The van der Waals surface area contributed by atoms with Gasteiger partial charge in [0.1, 0.15) is 0 Å². The van der Waals surface area contributed by atoms with E-state index < -0.39 is 0 Å². The third-order valence-corrected chi connectivity index (χ3v) is 3.87. The summed E-state index contributed by atoms with van der Waals surface area (Å²) in [6.07, 6.45) is 0. The summed E-state index contributed by atoms with van der Waals surface area (Å²) in [6.45, 7) is 3.24. The molecule has 0 unspecified atom stereocenters. The third kappa shape index (κ3) is 6.75. The molecule has 0 aliphatic heterocycles. The Hall–Kier alpha value is -1.71. The summed E-state index contributed by atoms with van der Waals surface area (Å²) in [5.41, 5.74) is 8.74. The number of hydrogen-bond acceptors (Lipinski definition) is 4. The Bertz CT molecular complexity index is 772. The zero-order chi connectivity index (χ0) is 18.9. The van der Waals surface area contributed by atoms with Crippen molar-refractivity contribution in [3.05, 3.63) is 52.5 Å². The number of nitrogens with one attached hydrogen (secondary N) is 1. The minimum absolute atomic E-state index is 0. The van der Waals surface area contributed by atoms with E-state index in [0.717, 1.165) is 16.8 Å². The van der Waals surface area contributed by atoms with Gasteiger partial charge in [0.25, 0.3) is 0 Å². The highest BCUT2D eigenvalue weighted by molar-refractivity contribution is 14.0. The lowest BCUT2D eigenvalue weighted by Crippen LogP contribution is -2.23. The quantitative estimate of drug-likeness (QED) is 0.315. The molecule has 0 atom stereocenters. The average Bonchev–Trinajstić information content (AvgIpc) is 2.63. The molecule has 148 valence electrons. The van der Waals surface area contributed by atoms with Crippen LogP contribution in [-0.4, -0.2) is 26.8 Å². The molecule has 6 nitrogen and oxygen atoms in total. The van der Waals surface area contributed by atoms with Crippen LogP contribution in [-0.2, 0) is 17.9 Å². The minimum Gasteiger partial charge on any atom is -0.493 e. The highest BCUT2D eigenvalue weighted by atomic mass is 127. The molecule has 0 fully saturated rings. The summed E-state index contributed by atoms with van der Waals surface area (Å²) >= 11 is 6.28. The van der Waals surface area contributed by atoms with E-state index in [9.17, 15) is 0 Å². The molecule has 0 spiro atoms. The largest absolute Gasteiger partial charge is 0.493 e. The maximum absolute atomic E-state index is 6.28. The van der Waals surface area contributed by atoms with Crippen LogP contribution in [0.1, 0.15) is 18.1 Å². The lowest BCUT2D eigenvalue weighted by Gasteiger charge is -2.13. The fourth-order valence-electron chi connectivity index (χ4n) is 2.43. The average molecular weight is 506 g/mol. The predicted octanol–water partition coefficient (Wildman–Crippen LogP) is 4.44. The van der Waals surface area contributed by atoms with Crippen LogP contribution in [0.5, 0.6) is 11.5 Å². The van der Waals surface area contributed by atoms with Crippen molar-refractivity contribution in [1.82, 2.24) is 0 Å². The van der Waals surface area contributed by atoms with E-state index in [2.05, 4.69) is 10.3 Å². The fourth-order valence-corrected chi connectivity index (χ4v) is 2.71. The third-order valence-electron chi connectivity index (χ3n) is 3.59. The van der Waals surface area contributed by atoms with Gasteiger partial charge in [0, 0.05) is 18.4 Å². The Balaban J connectivity index is 0.00000364. The number of anilines is 1. The van der Waals surface area contributed by atoms with Gasteiger partial charge in [-0.05, 0) is 30.7 Å². The molecular formula is C19H25ClIN3O3. The molecule has 2 rings (SSSR count). The highest BCUT2D eigenvalue weighted by Crippen LogP contribution is 2.36. The van der Waals surface area contributed by atoms with Crippen LogP contribution in [0.3, 0.4) is 0 Å². The molecule has 8 heteroatoms. The van der Waals surface area contributed by atoms with Crippen molar-refractivity contribution in [2.24, 2.45) is 10.7 Å². The Labute approximate surface area is 182 Å². The molecular weight excluding hydrogens is 481 g/mol. The van der Waals surface area contributed by atoms with E-state index in [1.807, 2.05) is 37.3 Å². The number of nitrogens with zero attached hydrogens (tertiary/aromatic N) is 1. The summed E-state index contributed by atoms with van der Waals surface area (Å²) in [7, 11) is 3.22. The van der Waals surface area contributed by atoms with Crippen molar-refractivity contribution in [3.63, 3.8) is 0 Å². The molecule has 0 bridgehead atoms. The molecule has 3 N–H and O–H groups in total. The Morgan fingerprint density at radius 3 is 2.63 bits per heavy atom. The van der Waals surface area contributed by atoms with Gasteiger partial charge in [-0.1, -0.05) is 29.8 Å². The lowest BCUT2D eigenvalue weighted by molar-refractivity contribution is 0.185. The molecule has 0 aliphatic rings. The van der Waals surface area contributed by atoms with Crippen LogP contribution in [0.15, 0.2) is 41.4 Å². The van der Waals surface area contributed by atoms with Crippen molar-refractivity contribution in [1.29, 1.82) is 0 Å². The van der Waals surface area contributed by atoms with Crippen LogP contribution in [0.2, 0.25) is 5.02 Å². The minimum atomic E-state index is 0. The Morgan fingerprint density at radius 2 is 1.96 bits per heavy atom. The maximum Gasteiger partial charge on any atom is 0.193 e. The first kappa shape index (κ1) is 23.3. The van der Waals surface area contributed by atoms with E-state index in [1.54, 1.807) is 20.3 Å². The van der Waals surface area contributed by atoms with Crippen molar-refractivity contribution in [3.8, 4) is 11.5 Å². The molecule has 27 heavy (non-hydrogen) atoms. The van der Waals surface area contributed by atoms with E-state index in [4.69, 9.17) is 31.5 Å². The summed E-state index contributed by atoms with van der Waals surface area (Å²) in [5, 5.41) is 3.58. The van der Waals surface area contributed by atoms with Crippen LogP contribution in [0.25, 0.3) is 0 Å². The normalized spacial score (nSPS) is 10.9. The Kier molecular flexibility index (Phi) is 10.3. The molecule has 0 heterocycles. The SMILES string of the molecule is CCOc1c(Cl)cc(CN=C(N)Nc2ccccc2COC)cc1OC.I. The summed E-state index contributed by atoms with van der Waals surface area (Å²) in [6, 6.07) is 11.4. The van der Waals surface area contributed by atoms with Gasteiger partial charge in [-0.2, -0.15) is 0 Å². The summed E-state index contributed by atoms with van der Waals surface area (Å²) in [5.74, 6) is 1.41. The van der Waals surface area contributed by atoms with E-state index >= 15 is 0 Å². The molecule has 0 radical (unpaired) electrons. The highest BCUT2D eigenvalue weighted by Gasteiger charge is 2.11. The first-order chi connectivity index (χ1) is 12.6. The molecule has 2 aromatic rings. The van der Waals surface area contributed by atoms with E-state index in [0.29, 0.717) is 42.2 Å². The number of guanidine groups is 1. The second-order valence-corrected chi connectivity index (χ2v) is 5.87. The van der Waals surface area contributed by atoms with Gasteiger partial charge in [-0.3, -0.25) is 0 Å². The molecule has 0 aliphatic carbocycles. The van der Waals surface area contributed by atoms with E-state index in [1.165, 1.54) is 0 Å². The van der Waals surface area contributed by atoms with Gasteiger partial charge in [0.2, 0.25) is 0 Å². The van der Waals surface area contributed by atoms with Crippen LogP contribution in [0.4, 0.5) is 5.69 Å². The van der Waals surface area contributed by atoms with Gasteiger partial charge in [0.05, 0.1) is 31.9 Å². The monoisotopic (exact) mass is 505 g/mol. The van der Waals surface area contributed by atoms with Crippen molar-refractivity contribution < 1.29 is 14.2 Å². The van der Waals surface area contributed by atoms with Crippen LogP contribution < -0.4 is 20.5 Å². The second-order valence-electron chi connectivity index (χ2n) is 5.46. The molecule has 0 saturated heterocycles.